The van der Waals surface area contributed by atoms with E-state index in [2.05, 4.69) is 0 Å². The minimum absolute atomic E-state index is 0.307. The molecule has 0 amide bonds. The standard InChI is InChI=1S/C56H58O12/c1-3-61-45-23-31-49(32-24-45)65-53(57)41-15-19-43(20-16-41)55(59)67-51-35-27-47(28-36-51)63-39-13-11-9-7-5-6-8-10-12-14-40-64-48-29-37-52(38-30-48)68-56(60)44-21-17-42(18-22-44)54(58)66-50-33-25-46(26-34-50)62-4-2/h15-38H,3-14,39-40H2,1-2H3. The molecule has 0 saturated carbocycles. The van der Waals surface area contributed by atoms with Gasteiger partial charge in [0.2, 0.25) is 0 Å². The third-order valence-corrected chi connectivity index (χ3v) is 10.5. The van der Waals surface area contributed by atoms with Gasteiger partial charge in [-0.05, 0) is 172 Å². The van der Waals surface area contributed by atoms with Gasteiger partial charge >= 0.3 is 23.9 Å². The highest BCUT2D eigenvalue weighted by molar-refractivity contribution is 5.96. The number of hydrogen-bond donors (Lipinski definition) is 0. The fourth-order valence-corrected chi connectivity index (χ4v) is 6.90. The average Bonchev–Trinajstić information content (AvgIpc) is 3.36. The largest absolute Gasteiger partial charge is 0.494 e. The van der Waals surface area contributed by atoms with Crippen LogP contribution >= 0.6 is 0 Å². The first-order valence-electron chi connectivity index (χ1n) is 23.3. The lowest BCUT2D eigenvalue weighted by molar-refractivity contribution is 0.0720. The molecule has 0 bridgehead atoms. The predicted octanol–water partition coefficient (Wildman–Crippen LogP) is 12.7. The number of ether oxygens (including phenoxy) is 8. The zero-order chi connectivity index (χ0) is 47.8. The summed E-state index contributed by atoms with van der Waals surface area (Å²) in [5, 5.41) is 0. The molecule has 6 aromatic rings. The summed E-state index contributed by atoms with van der Waals surface area (Å²) in [4.78, 5) is 50.5. The summed E-state index contributed by atoms with van der Waals surface area (Å²) < 4.78 is 44.5. The van der Waals surface area contributed by atoms with Crippen LogP contribution in [0.4, 0.5) is 0 Å². The molecule has 0 aromatic heterocycles. The van der Waals surface area contributed by atoms with Crippen LogP contribution in [0, 0.1) is 0 Å². The second-order valence-corrected chi connectivity index (χ2v) is 15.7. The molecule has 0 unspecified atom stereocenters. The molecular weight excluding hydrogens is 865 g/mol. The highest BCUT2D eigenvalue weighted by atomic mass is 16.5. The third kappa shape index (κ3) is 16.7. The highest BCUT2D eigenvalue weighted by Gasteiger charge is 2.15. The Morgan fingerprint density at radius 2 is 0.456 bits per heavy atom. The molecule has 0 heterocycles. The van der Waals surface area contributed by atoms with Crippen LogP contribution < -0.4 is 37.9 Å². The molecule has 12 heteroatoms. The summed E-state index contributed by atoms with van der Waals surface area (Å²) in [6.07, 6.45) is 11.4. The van der Waals surface area contributed by atoms with Crippen LogP contribution in [-0.2, 0) is 0 Å². The van der Waals surface area contributed by atoms with Crippen molar-refractivity contribution in [3.8, 4) is 46.0 Å². The van der Waals surface area contributed by atoms with Gasteiger partial charge in [0.05, 0.1) is 48.7 Å². The Labute approximate surface area is 398 Å². The molecule has 0 aliphatic heterocycles. The van der Waals surface area contributed by atoms with Gasteiger partial charge in [-0.15, -0.1) is 0 Å². The minimum Gasteiger partial charge on any atom is -0.494 e. The summed E-state index contributed by atoms with van der Waals surface area (Å²) >= 11 is 0. The Bertz CT molecular complexity index is 2290. The van der Waals surface area contributed by atoms with Gasteiger partial charge in [0.15, 0.2) is 0 Å². The van der Waals surface area contributed by atoms with Crippen molar-refractivity contribution in [2.75, 3.05) is 26.4 Å². The van der Waals surface area contributed by atoms with E-state index < -0.39 is 23.9 Å². The Kier molecular flexibility index (Phi) is 19.9. The first-order valence-corrected chi connectivity index (χ1v) is 23.3. The number of rotatable bonds is 27. The number of unbranched alkanes of at least 4 members (excludes halogenated alkanes) is 9. The van der Waals surface area contributed by atoms with E-state index >= 15 is 0 Å². The lowest BCUT2D eigenvalue weighted by atomic mass is 10.1. The summed E-state index contributed by atoms with van der Waals surface area (Å²) in [5.41, 5.74) is 1.23. The molecule has 0 atom stereocenters. The third-order valence-electron chi connectivity index (χ3n) is 10.5. The fourth-order valence-electron chi connectivity index (χ4n) is 6.90. The van der Waals surface area contributed by atoms with E-state index in [0.717, 1.165) is 25.7 Å². The van der Waals surface area contributed by atoms with Gasteiger partial charge in [0.1, 0.15) is 46.0 Å². The van der Waals surface area contributed by atoms with Crippen molar-refractivity contribution in [1.29, 1.82) is 0 Å². The molecule has 0 aliphatic rings. The SMILES string of the molecule is CCOc1ccc(OC(=O)c2ccc(C(=O)Oc3ccc(OCCCCCCCCCCCCOc4ccc(OC(=O)c5ccc(C(=O)Oc6ccc(OCC)cc6)cc5)cc4)cc3)cc2)cc1. The van der Waals surface area contributed by atoms with E-state index in [9.17, 15) is 19.2 Å². The molecule has 68 heavy (non-hydrogen) atoms. The molecule has 0 saturated heterocycles. The number of hydrogen-bond acceptors (Lipinski definition) is 12. The summed E-state index contributed by atoms with van der Waals surface area (Å²) in [7, 11) is 0. The zero-order valence-electron chi connectivity index (χ0n) is 38.7. The second-order valence-electron chi connectivity index (χ2n) is 15.7. The summed E-state index contributed by atoms with van der Waals surface area (Å²) in [6, 6.07) is 39.7. The first-order chi connectivity index (χ1) is 33.3. The van der Waals surface area contributed by atoms with Crippen LogP contribution in [0.1, 0.15) is 119 Å². The topological polar surface area (TPSA) is 142 Å². The van der Waals surface area contributed by atoms with Crippen LogP contribution in [0.15, 0.2) is 146 Å². The Morgan fingerprint density at radius 1 is 0.265 bits per heavy atom. The molecule has 12 nitrogen and oxygen atoms in total. The van der Waals surface area contributed by atoms with Crippen LogP contribution in [0.2, 0.25) is 0 Å². The van der Waals surface area contributed by atoms with Crippen LogP contribution in [0.5, 0.6) is 46.0 Å². The number of carbonyl (C=O) groups is 4. The monoisotopic (exact) mass is 922 g/mol. The molecule has 0 spiro atoms. The van der Waals surface area contributed by atoms with Gasteiger partial charge < -0.3 is 37.9 Å². The molecule has 0 aliphatic carbocycles. The van der Waals surface area contributed by atoms with Crippen LogP contribution in [0.3, 0.4) is 0 Å². The maximum Gasteiger partial charge on any atom is 0.343 e. The summed E-state index contributed by atoms with van der Waals surface area (Å²) in [5.74, 6) is 2.24. The van der Waals surface area contributed by atoms with Crippen molar-refractivity contribution in [2.45, 2.75) is 78.1 Å². The lowest BCUT2D eigenvalue weighted by Crippen LogP contribution is -2.11. The molecular formula is C56H58O12. The van der Waals surface area contributed by atoms with E-state index in [4.69, 9.17) is 37.9 Å². The predicted molar refractivity (Wildman–Crippen MR) is 258 cm³/mol. The van der Waals surface area contributed by atoms with Crippen LogP contribution in [0.25, 0.3) is 0 Å². The lowest BCUT2D eigenvalue weighted by Gasteiger charge is -2.09. The average molecular weight is 923 g/mol. The van der Waals surface area contributed by atoms with Crippen molar-refractivity contribution < 1.29 is 57.1 Å². The van der Waals surface area contributed by atoms with Gasteiger partial charge in [0, 0.05) is 0 Å². The van der Waals surface area contributed by atoms with Crippen LogP contribution in [-0.4, -0.2) is 50.3 Å². The van der Waals surface area contributed by atoms with Gasteiger partial charge in [-0.1, -0.05) is 51.4 Å². The van der Waals surface area contributed by atoms with Crippen molar-refractivity contribution in [2.24, 2.45) is 0 Å². The molecule has 354 valence electrons. The van der Waals surface area contributed by atoms with Gasteiger partial charge in [-0.2, -0.15) is 0 Å². The minimum atomic E-state index is -0.536. The van der Waals surface area contributed by atoms with E-state index in [1.54, 1.807) is 97.1 Å². The fraction of sp³-hybridized carbons (Fsp3) is 0.286. The Hall–Kier alpha value is -7.60. The van der Waals surface area contributed by atoms with E-state index in [-0.39, 0.29) is 0 Å². The summed E-state index contributed by atoms with van der Waals surface area (Å²) in [6.45, 7) is 6.13. The molecule has 6 aromatic carbocycles. The first kappa shape index (κ1) is 49.8. The maximum absolute atomic E-state index is 12.7. The van der Waals surface area contributed by atoms with Crippen molar-refractivity contribution in [3.63, 3.8) is 0 Å². The van der Waals surface area contributed by atoms with E-state index in [1.165, 1.54) is 87.1 Å². The molecule has 6 rings (SSSR count). The highest BCUT2D eigenvalue weighted by Crippen LogP contribution is 2.24. The number of esters is 4. The van der Waals surface area contributed by atoms with E-state index in [1.807, 2.05) is 13.8 Å². The normalized spacial score (nSPS) is 10.7. The van der Waals surface area contributed by atoms with Crippen molar-refractivity contribution in [1.82, 2.24) is 0 Å². The van der Waals surface area contributed by atoms with Gasteiger partial charge in [-0.3, -0.25) is 0 Å². The number of benzene rings is 6. The van der Waals surface area contributed by atoms with Crippen molar-refractivity contribution >= 4 is 23.9 Å². The Morgan fingerprint density at radius 3 is 0.676 bits per heavy atom. The molecule has 0 fully saturated rings. The molecule has 0 radical (unpaired) electrons. The quantitative estimate of drug-likeness (QED) is 0.0276. The number of carbonyl (C=O) groups excluding carboxylic acids is 4. The van der Waals surface area contributed by atoms with Gasteiger partial charge in [0.25, 0.3) is 0 Å². The van der Waals surface area contributed by atoms with E-state index in [0.29, 0.717) is 94.7 Å². The second kappa shape index (κ2) is 27.1. The Balaban J connectivity index is 0.742. The smallest absolute Gasteiger partial charge is 0.343 e. The zero-order valence-corrected chi connectivity index (χ0v) is 38.7. The maximum atomic E-state index is 12.7. The molecule has 0 N–H and O–H groups in total. The van der Waals surface area contributed by atoms with Crippen molar-refractivity contribution in [3.05, 3.63) is 168 Å². The van der Waals surface area contributed by atoms with Gasteiger partial charge in [-0.25, -0.2) is 19.2 Å².